The van der Waals surface area contributed by atoms with Gasteiger partial charge < -0.3 is 11.1 Å². The van der Waals surface area contributed by atoms with E-state index in [2.05, 4.69) is 10.4 Å². The molecule has 3 rings (SSSR count). The second-order valence-electron chi connectivity index (χ2n) is 4.95. The fourth-order valence-electron chi connectivity index (χ4n) is 1.99. The third-order valence-electron chi connectivity index (χ3n) is 3.27. The van der Waals surface area contributed by atoms with Crippen LogP contribution in [0.25, 0.3) is 5.69 Å². The fraction of sp³-hybridized carbons (Fsp3) is 0.286. The van der Waals surface area contributed by atoms with Crippen molar-refractivity contribution in [2.24, 2.45) is 5.73 Å². The van der Waals surface area contributed by atoms with E-state index in [1.165, 1.54) is 12.8 Å². The van der Waals surface area contributed by atoms with Crippen LogP contribution in [0.1, 0.15) is 28.9 Å². The molecule has 104 valence electrons. The molecule has 2 aromatic rings. The minimum Gasteiger partial charge on any atom is -0.364 e. The third kappa shape index (κ3) is 2.84. The third-order valence-corrected chi connectivity index (χ3v) is 3.58. The lowest BCUT2D eigenvalue weighted by Crippen LogP contribution is -2.15. The zero-order valence-corrected chi connectivity index (χ0v) is 11.6. The Morgan fingerprint density at radius 1 is 1.45 bits per heavy atom. The number of aromatic nitrogens is 2. The van der Waals surface area contributed by atoms with Gasteiger partial charge in [-0.2, -0.15) is 5.10 Å². The zero-order chi connectivity index (χ0) is 14.1. The predicted molar refractivity (Wildman–Crippen MR) is 77.0 cm³/mol. The molecule has 3 N–H and O–H groups in total. The van der Waals surface area contributed by atoms with Crippen molar-refractivity contribution < 1.29 is 4.79 Å². The first kappa shape index (κ1) is 13.1. The summed E-state index contributed by atoms with van der Waals surface area (Å²) in [6, 6.07) is 8.04. The Bertz CT molecular complexity index is 648. The van der Waals surface area contributed by atoms with Crippen LogP contribution < -0.4 is 11.1 Å². The van der Waals surface area contributed by atoms with Crippen LogP contribution in [0.2, 0.25) is 5.02 Å². The van der Waals surface area contributed by atoms with E-state index in [0.717, 1.165) is 17.8 Å². The second kappa shape index (κ2) is 5.26. The molecule has 1 saturated carbocycles. The first-order valence-electron chi connectivity index (χ1n) is 6.51. The number of halogens is 1. The van der Waals surface area contributed by atoms with Crippen molar-refractivity contribution in [3.63, 3.8) is 0 Å². The van der Waals surface area contributed by atoms with Gasteiger partial charge in [-0.25, -0.2) is 4.68 Å². The van der Waals surface area contributed by atoms with Gasteiger partial charge in [-0.1, -0.05) is 17.7 Å². The molecule has 0 radical (unpaired) electrons. The van der Waals surface area contributed by atoms with Gasteiger partial charge in [0.05, 0.1) is 10.7 Å². The van der Waals surface area contributed by atoms with E-state index in [1.807, 2.05) is 18.2 Å². The van der Waals surface area contributed by atoms with Gasteiger partial charge in [0.15, 0.2) is 0 Å². The molecule has 1 aromatic heterocycles. The molecule has 1 aliphatic rings. The van der Waals surface area contributed by atoms with E-state index < -0.39 is 5.91 Å². The normalized spacial score (nSPS) is 14.4. The predicted octanol–water partition coefficient (Wildman–Crippen LogP) is 1.88. The summed E-state index contributed by atoms with van der Waals surface area (Å²) in [5.74, 6) is -0.551. The summed E-state index contributed by atoms with van der Waals surface area (Å²) in [5.41, 5.74) is 7.27. The molecular weight excluding hydrogens is 276 g/mol. The molecule has 20 heavy (non-hydrogen) atoms. The number of hydrogen-bond acceptors (Lipinski definition) is 3. The summed E-state index contributed by atoms with van der Waals surface area (Å²) in [6.07, 6.45) is 4.19. The number of benzene rings is 1. The van der Waals surface area contributed by atoms with Gasteiger partial charge in [-0.15, -0.1) is 0 Å². The number of nitrogens with two attached hydrogens (primary N) is 1. The van der Waals surface area contributed by atoms with Crippen molar-refractivity contribution in [1.29, 1.82) is 0 Å². The maximum atomic E-state index is 11.0. The van der Waals surface area contributed by atoms with Gasteiger partial charge in [0.25, 0.3) is 5.91 Å². The van der Waals surface area contributed by atoms with E-state index in [1.54, 1.807) is 16.9 Å². The molecule has 1 aromatic carbocycles. The fourth-order valence-corrected chi connectivity index (χ4v) is 2.28. The summed E-state index contributed by atoms with van der Waals surface area (Å²) in [4.78, 5) is 11.0. The molecule has 0 bridgehead atoms. The van der Waals surface area contributed by atoms with Crippen LogP contribution in [0.15, 0.2) is 30.5 Å². The molecule has 0 spiro atoms. The minimum absolute atomic E-state index is 0.223. The number of amides is 1. The van der Waals surface area contributed by atoms with Crippen molar-refractivity contribution in [1.82, 2.24) is 15.1 Å². The van der Waals surface area contributed by atoms with Gasteiger partial charge in [0.1, 0.15) is 5.69 Å². The highest BCUT2D eigenvalue weighted by atomic mass is 35.5. The highest BCUT2D eigenvalue weighted by molar-refractivity contribution is 6.32. The molecular formula is C14H15ClN4O. The smallest absolute Gasteiger partial charge is 0.269 e. The average Bonchev–Trinajstić information content (AvgIpc) is 3.11. The Morgan fingerprint density at radius 2 is 2.25 bits per heavy atom. The molecule has 0 aliphatic heterocycles. The molecule has 1 heterocycles. The van der Waals surface area contributed by atoms with Crippen LogP contribution in [0.5, 0.6) is 0 Å². The number of primary amides is 1. The van der Waals surface area contributed by atoms with Crippen LogP contribution in [0, 0.1) is 0 Å². The van der Waals surface area contributed by atoms with Crippen LogP contribution >= 0.6 is 11.6 Å². The molecule has 0 saturated heterocycles. The van der Waals surface area contributed by atoms with E-state index in [0.29, 0.717) is 11.1 Å². The highest BCUT2D eigenvalue weighted by Crippen LogP contribution is 2.23. The SMILES string of the molecule is NC(=O)c1ccn(-c2ccc(CNC3CC3)cc2Cl)n1. The first-order chi connectivity index (χ1) is 9.63. The van der Waals surface area contributed by atoms with E-state index >= 15 is 0 Å². The lowest BCUT2D eigenvalue weighted by Gasteiger charge is -2.08. The van der Waals surface area contributed by atoms with Crippen molar-refractivity contribution in [3.8, 4) is 5.69 Å². The van der Waals surface area contributed by atoms with Gasteiger partial charge in [-0.05, 0) is 36.6 Å². The lowest BCUT2D eigenvalue weighted by molar-refractivity contribution is 0.0995. The Morgan fingerprint density at radius 3 is 2.85 bits per heavy atom. The van der Waals surface area contributed by atoms with Crippen molar-refractivity contribution in [3.05, 3.63) is 46.7 Å². The number of nitrogens with zero attached hydrogens (tertiary/aromatic N) is 2. The summed E-state index contributed by atoms with van der Waals surface area (Å²) in [6.45, 7) is 0.816. The Kier molecular flexibility index (Phi) is 3.46. The summed E-state index contributed by atoms with van der Waals surface area (Å²) >= 11 is 6.28. The molecule has 6 heteroatoms. The summed E-state index contributed by atoms with van der Waals surface area (Å²) < 4.78 is 1.56. The molecule has 0 atom stereocenters. The van der Waals surface area contributed by atoms with E-state index in [9.17, 15) is 4.79 Å². The van der Waals surface area contributed by atoms with Crippen molar-refractivity contribution in [2.45, 2.75) is 25.4 Å². The molecule has 5 nitrogen and oxygen atoms in total. The molecule has 0 unspecified atom stereocenters. The second-order valence-corrected chi connectivity index (χ2v) is 5.36. The van der Waals surface area contributed by atoms with Gasteiger partial charge in [-0.3, -0.25) is 4.79 Å². The minimum atomic E-state index is -0.551. The molecule has 1 aliphatic carbocycles. The van der Waals surface area contributed by atoms with Crippen LogP contribution in [0.4, 0.5) is 0 Å². The number of hydrogen-bond donors (Lipinski definition) is 2. The number of nitrogens with one attached hydrogen (secondary N) is 1. The lowest BCUT2D eigenvalue weighted by atomic mass is 10.2. The standard InChI is InChI=1S/C14H15ClN4O/c15-11-7-9(8-17-10-2-3-10)1-4-13(11)19-6-5-12(18-19)14(16)20/h1,4-7,10,17H,2-3,8H2,(H2,16,20). The number of carbonyl (C=O) groups is 1. The van der Waals surface area contributed by atoms with Gasteiger partial charge >= 0.3 is 0 Å². The number of carbonyl (C=O) groups excluding carboxylic acids is 1. The number of rotatable bonds is 5. The van der Waals surface area contributed by atoms with E-state index in [-0.39, 0.29) is 5.69 Å². The monoisotopic (exact) mass is 290 g/mol. The van der Waals surface area contributed by atoms with Crippen molar-refractivity contribution >= 4 is 17.5 Å². The quantitative estimate of drug-likeness (QED) is 0.883. The van der Waals surface area contributed by atoms with Gasteiger partial charge in [0.2, 0.25) is 0 Å². The highest BCUT2D eigenvalue weighted by Gasteiger charge is 2.20. The Labute approximate surface area is 121 Å². The largest absolute Gasteiger partial charge is 0.364 e. The van der Waals surface area contributed by atoms with Crippen molar-refractivity contribution in [2.75, 3.05) is 0 Å². The Balaban J connectivity index is 1.79. The van der Waals surface area contributed by atoms with Crippen LogP contribution in [0.3, 0.4) is 0 Å². The summed E-state index contributed by atoms with van der Waals surface area (Å²) in [5, 5.41) is 8.13. The van der Waals surface area contributed by atoms with Crippen LogP contribution in [-0.2, 0) is 6.54 Å². The molecule has 1 fully saturated rings. The Hall–Kier alpha value is -1.85. The maximum Gasteiger partial charge on any atom is 0.269 e. The topological polar surface area (TPSA) is 72.9 Å². The van der Waals surface area contributed by atoms with Crippen LogP contribution in [-0.4, -0.2) is 21.7 Å². The average molecular weight is 291 g/mol. The zero-order valence-electron chi connectivity index (χ0n) is 10.8. The summed E-state index contributed by atoms with van der Waals surface area (Å²) in [7, 11) is 0. The van der Waals surface area contributed by atoms with E-state index in [4.69, 9.17) is 17.3 Å². The first-order valence-corrected chi connectivity index (χ1v) is 6.89. The maximum absolute atomic E-state index is 11.0. The molecule has 1 amide bonds. The van der Waals surface area contributed by atoms with Gasteiger partial charge in [0, 0.05) is 18.8 Å².